The molecular formula is C14H15BrN2O2. The maximum absolute atomic E-state index is 6.03. The molecule has 0 saturated heterocycles. The van der Waals surface area contributed by atoms with Crippen molar-refractivity contribution in [2.45, 2.75) is 0 Å². The van der Waals surface area contributed by atoms with Gasteiger partial charge in [0.2, 0.25) is 0 Å². The van der Waals surface area contributed by atoms with Gasteiger partial charge < -0.3 is 20.5 Å². The number of nitrogens with one attached hydrogen (secondary N) is 1. The molecule has 0 amide bonds. The zero-order valence-corrected chi connectivity index (χ0v) is 12.3. The fourth-order valence-electron chi connectivity index (χ4n) is 1.75. The van der Waals surface area contributed by atoms with Crippen LogP contribution in [0.1, 0.15) is 0 Å². The van der Waals surface area contributed by atoms with Crippen molar-refractivity contribution in [1.82, 2.24) is 0 Å². The maximum atomic E-state index is 6.03. The first kappa shape index (κ1) is 13.5. The molecule has 4 nitrogen and oxygen atoms in total. The molecule has 0 atom stereocenters. The van der Waals surface area contributed by atoms with Crippen LogP contribution in [0.5, 0.6) is 11.5 Å². The van der Waals surface area contributed by atoms with E-state index >= 15 is 0 Å². The number of hydrogen-bond acceptors (Lipinski definition) is 4. The molecule has 2 aromatic rings. The van der Waals surface area contributed by atoms with Crippen molar-refractivity contribution in [2.75, 3.05) is 25.3 Å². The van der Waals surface area contributed by atoms with Gasteiger partial charge in [-0.3, -0.25) is 0 Å². The third kappa shape index (κ3) is 2.93. The summed E-state index contributed by atoms with van der Waals surface area (Å²) in [4.78, 5) is 0. The van der Waals surface area contributed by atoms with Gasteiger partial charge in [-0.25, -0.2) is 0 Å². The lowest BCUT2D eigenvalue weighted by atomic mass is 10.2. The number of methoxy groups -OCH3 is 2. The molecule has 0 spiro atoms. The number of rotatable bonds is 4. The third-order valence-electron chi connectivity index (χ3n) is 2.72. The average Bonchev–Trinajstić information content (AvgIpc) is 2.41. The van der Waals surface area contributed by atoms with E-state index in [1.807, 2.05) is 36.4 Å². The first-order chi connectivity index (χ1) is 9.15. The van der Waals surface area contributed by atoms with E-state index in [1.165, 1.54) is 0 Å². The Morgan fingerprint density at radius 2 is 1.74 bits per heavy atom. The molecular weight excluding hydrogens is 308 g/mol. The Balaban J connectivity index is 2.38. The van der Waals surface area contributed by atoms with Crippen molar-refractivity contribution in [3.05, 3.63) is 40.9 Å². The van der Waals surface area contributed by atoms with Crippen molar-refractivity contribution in [2.24, 2.45) is 0 Å². The molecule has 5 heteroatoms. The van der Waals surface area contributed by atoms with Crippen LogP contribution in [0.4, 0.5) is 17.1 Å². The van der Waals surface area contributed by atoms with Gasteiger partial charge in [0, 0.05) is 4.47 Å². The molecule has 0 unspecified atom stereocenters. The zero-order chi connectivity index (χ0) is 13.8. The number of nitrogens with two attached hydrogens (primary N) is 1. The number of ether oxygens (including phenoxy) is 2. The van der Waals surface area contributed by atoms with Gasteiger partial charge in [0.15, 0.2) is 0 Å². The fourth-order valence-corrected chi connectivity index (χ4v) is 2.12. The monoisotopic (exact) mass is 322 g/mol. The van der Waals surface area contributed by atoms with Crippen LogP contribution in [0.2, 0.25) is 0 Å². The minimum Gasteiger partial charge on any atom is -0.495 e. The van der Waals surface area contributed by atoms with Gasteiger partial charge in [0.25, 0.3) is 0 Å². The summed E-state index contributed by atoms with van der Waals surface area (Å²) >= 11 is 3.43. The smallest absolute Gasteiger partial charge is 0.143 e. The molecule has 3 N–H and O–H groups in total. The van der Waals surface area contributed by atoms with Gasteiger partial charge in [-0.1, -0.05) is 22.0 Å². The highest BCUT2D eigenvalue weighted by Crippen LogP contribution is 2.35. The van der Waals surface area contributed by atoms with Crippen molar-refractivity contribution < 1.29 is 9.47 Å². The van der Waals surface area contributed by atoms with Crippen LogP contribution in [0, 0.1) is 0 Å². The normalized spacial score (nSPS) is 10.1. The molecule has 2 rings (SSSR count). The highest BCUT2D eigenvalue weighted by atomic mass is 79.9. The predicted molar refractivity (Wildman–Crippen MR) is 81.4 cm³/mol. The number of nitrogen functional groups attached to an aromatic ring is 1. The zero-order valence-electron chi connectivity index (χ0n) is 10.7. The highest BCUT2D eigenvalue weighted by Gasteiger charge is 2.08. The Labute approximate surface area is 120 Å². The molecule has 0 bridgehead atoms. The summed E-state index contributed by atoms with van der Waals surface area (Å²) in [6.07, 6.45) is 0. The van der Waals surface area contributed by atoms with E-state index in [-0.39, 0.29) is 0 Å². The minimum absolute atomic E-state index is 0.562. The Hall–Kier alpha value is -1.88. The van der Waals surface area contributed by atoms with Gasteiger partial charge in [-0.2, -0.15) is 0 Å². The largest absolute Gasteiger partial charge is 0.495 e. The molecule has 100 valence electrons. The van der Waals surface area contributed by atoms with E-state index in [2.05, 4.69) is 21.2 Å². The lowest BCUT2D eigenvalue weighted by molar-refractivity contribution is 0.416. The van der Waals surface area contributed by atoms with Crippen LogP contribution in [-0.2, 0) is 0 Å². The van der Waals surface area contributed by atoms with Crippen LogP contribution >= 0.6 is 15.9 Å². The average molecular weight is 323 g/mol. The van der Waals surface area contributed by atoms with Crippen molar-refractivity contribution in [3.63, 3.8) is 0 Å². The third-order valence-corrected chi connectivity index (χ3v) is 3.21. The van der Waals surface area contributed by atoms with E-state index in [4.69, 9.17) is 15.2 Å². The molecule has 2 aromatic carbocycles. The van der Waals surface area contributed by atoms with E-state index in [9.17, 15) is 0 Å². The van der Waals surface area contributed by atoms with E-state index in [0.717, 1.165) is 21.6 Å². The molecule has 0 aliphatic rings. The van der Waals surface area contributed by atoms with E-state index in [0.29, 0.717) is 11.4 Å². The summed E-state index contributed by atoms with van der Waals surface area (Å²) in [5, 5.41) is 3.25. The van der Waals surface area contributed by atoms with Crippen LogP contribution in [-0.4, -0.2) is 14.2 Å². The lowest BCUT2D eigenvalue weighted by Gasteiger charge is -2.14. The van der Waals surface area contributed by atoms with Gasteiger partial charge in [0.05, 0.1) is 31.3 Å². The van der Waals surface area contributed by atoms with Crippen LogP contribution in [0.25, 0.3) is 0 Å². The summed E-state index contributed by atoms with van der Waals surface area (Å²) in [6.45, 7) is 0. The Kier molecular flexibility index (Phi) is 4.16. The summed E-state index contributed by atoms with van der Waals surface area (Å²) in [7, 11) is 3.22. The molecule has 0 saturated carbocycles. The summed E-state index contributed by atoms with van der Waals surface area (Å²) in [5.74, 6) is 1.38. The second-order valence-corrected chi connectivity index (χ2v) is 4.81. The van der Waals surface area contributed by atoms with Gasteiger partial charge >= 0.3 is 0 Å². The van der Waals surface area contributed by atoms with Gasteiger partial charge in [-0.05, 0) is 30.3 Å². The molecule has 19 heavy (non-hydrogen) atoms. The molecule has 0 radical (unpaired) electrons. The number of hydrogen-bond donors (Lipinski definition) is 2. The lowest BCUT2D eigenvalue weighted by Crippen LogP contribution is -2.00. The SMILES string of the molecule is COc1ccc(Br)cc1Nc1cccc(OC)c1N. The number of halogens is 1. The van der Waals surface area contributed by atoms with Crippen molar-refractivity contribution >= 4 is 33.0 Å². The topological polar surface area (TPSA) is 56.5 Å². The van der Waals surface area contributed by atoms with Gasteiger partial charge in [-0.15, -0.1) is 0 Å². The second-order valence-electron chi connectivity index (χ2n) is 3.89. The minimum atomic E-state index is 0.562. The predicted octanol–water partition coefficient (Wildman–Crippen LogP) is 3.79. The van der Waals surface area contributed by atoms with Crippen molar-refractivity contribution in [1.29, 1.82) is 0 Å². The standard InChI is InChI=1S/C14H15BrN2O2/c1-18-12-7-6-9(15)8-11(12)17-10-4-3-5-13(19-2)14(10)16/h3-8,17H,16H2,1-2H3. The van der Waals surface area contributed by atoms with Gasteiger partial charge in [0.1, 0.15) is 11.5 Å². The molecule has 0 aliphatic heterocycles. The second kappa shape index (κ2) is 5.84. The summed E-state index contributed by atoms with van der Waals surface area (Å²) < 4.78 is 11.5. The Morgan fingerprint density at radius 3 is 2.42 bits per heavy atom. The highest BCUT2D eigenvalue weighted by molar-refractivity contribution is 9.10. The Morgan fingerprint density at radius 1 is 1.00 bits per heavy atom. The maximum Gasteiger partial charge on any atom is 0.143 e. The van der Waals surface area contributed by atoms with Crippen molar-refractivity contribution in [3.8, 4) is 11.5 Å². The first-order valence-electron chi connectivity index (χ1n) is 5.68. The van der Waals surface area contributed by atoms with Crippen LogP contribution in [0.3, 0.4) is 0 Å². The number of anilines is 3. The molecule has 0 aromatic heterocycles. The van der Waals surface area contributed by atoms with Crippen LogP contribution in [0.15, 0.2) is 40.9 Å². The number of para-hydroxylation sites is 1. The Bertz CT molecular complexity index is 588. The van der Waals surface area contributed by atoms with E-state index < -0.39 is 0 Å². The fraction of sp³-hybridized carbons (Fsp3) is 0.143. The molecule has 0 heterocycles. The number of benzene rings is 2. The van der Waals surface area contributed by atoms with Crippen LogP contribution < -0.4 is 20.5 Å². The van der Waals surface area contributed by atoms with E-state index in [1.54, 1.807) is 14.2 Å². The quantitative estimate of drug-likeness (QED) is 0.841. The summed E-state index contributed by atoms with van der Waals surface area (Å²) in [5.41, 5.74) is 8.20. The molecule has 0 aliphatic carbocycles. The summed E-state index contributed by atoms with van der Waals surface area (Å²) in [6, 6.07) is 11.3. The molecule has 0 fully saturated rings. The first-order valence-corrected chi connectivity index (χ1v) is 6.48.